The van der Waals surface area contributed by atoms with Crippen molar-refractivity contribution in [1.82, 2.24) is 20.7 Å². The van der Waals surface area contributed by atoms with Crippen LogP contribution >= 0.6 is 0 Å². The van der Waals surface area contributed by atoms with Crippen molar-refractivity contribution >= 4 is 18.2 Å². The number of hydrogen-bond acceptors (Lipinski definition) is 6. The van der Waals surface area contributed by atoms with Crippen molar-refractivity contribution < 1.29 is 19.1 Å². The molecule has 34 heavy (non-hydrogen) atoms. The number of H-pyrrole nitrogens is 1. The maximum Gasteiger partial charge on any atom is 0.408 e. The van der Waals surface area contributed by atoms with Crippen molar-refractivity contribution in [3.05, 3.63) is 83.9 Å². The number of amides is 2. The zero-order chi connectivity index (χ0) is 24.2. The van der Waals surface area contributed by atoms with Gasteiger partial charge in [-0.05, 0) is 41.3 Å². The smallest absolute Gasteiger partial charge is 0.408 e. The summed E-state index contributed by atoms with van der Waals surface area (Å²) in [5.74, 6) is 0.725. The number of carbonyl (C=O) groups is 2. The monoisotopic (exact) mass is 463 g/mol. The summed E-state index contributed by atoms with van der Waals surface area (Å²) in [4.78, 5) is 31.9. The molecule has 0 fully saturated rings. The van der Waals surface area contributed by atoms with E-state index < -0.39 is 18.0 Å². The van der Waals surface area contributed by atoms with Gasteiger partial charge in [0.15, 0.2) is 0 Å². The Bertz CT molecular complexity index is 1050. The van der Waals surface area contributed by atoms with Crippen LogP contribution in [0.3, 0.4) is 0 Å². The molecule has 0 aliphatic rings. The molecular formula is C25H29N5O4. The highest BCUT2D eigenvalue weighted by Crippen LogP contribution is 2.12. The number of rotatable bonds is 11. The van der Waals surface area contributed by atoms with Crippen molar-refractivity contribution in [3.63, 3.8) is 0 Å². The Morgan fingerprint density at radius 2 is 1.88 bits per heavy atom. The van der Waals surface area contributed by atoms with Crippen LogP contribution in [0.4, 0.5) is 4.79 Å². The molecule has 0 aliphatic heterocycles. The Morgan fingerprint density at radius 1 is 1.12 bits per heavy atom. The molecule has 3 rings (SSSR count). The van der Waals surface area contributed by atoms with Crippen LogP contribution in [0.15, 0.2) is 72.2 Å². The van der Waals surface area contributed by atoms with Crippen molar-refractivity contribution in [2.45, 2.75) is 32.9 Å². The molecule has 0 bridgehead atoms. The van der Waals surface area contributed by atoms with Crippen LogP contribution in [0.2, 0.25) is 0 Å². The van der Waals surface area contributed by atoms with Crippen LogP contribution in [0.5, 0.6) is 5.75 Å². The average Bonchev–Trinajstić information content (AvgIpc) is 3.35. The fourth-order valence-corrected chi connectivity index (χ4v) is 2.89. The largest absolute Gasteiger partial charge is 0.493 e. The van der Waals surface area contributed by atoms with Crippen molar-refractivity contribution in [2.75, 3.05) is 6.61 Å². The fourth-order valence-electron chi connectivity index (χ4n) is 2.89. The Labute approximate surface area is 198 Å². The summed E-state index contributed by atoms with van der Waals surface area (Å²) in [5, 5.41) is 6.61. The van der Waals surface area contributed by atoms with E-state index >= 15 is 0 Å². The van der Waals surface area contributed by atoms with Crippen LogP contribution in [-0.4, -0.2) is 40.8 Å². The minimum absolute atomic E-state index is 0.0973. The van der Waals surface area contributed by atoms with Gasteiger partial charge in [0.1, 0.15) is 18.4 Å². The van der Waals surface area contributed by atoms with E-state index in [0.29, 0.717) is 18.2 Å². The number of aromatic amines is 1. The molecule has 2 aromatic carbocycles. The quantitative estimate of drug-likeness (QED) is 0.297. The lowest BCUT2D eigenvalue weighted by atomic mass is 10.1. The molecule has 2 amide bonds. The predicted molar refractivity (Wildman–Crippen MR) is 128 cm³/mol. The number of nitrogens with one attached hydrogen (secondary N) is 3. The molecule has 0 spiro atoms. The molecule has 3 N–H and O–H groups in total. The lowest BCUT2D eigenvalue weighted by molar-refractivity contribution is -0.123. The Balaban J connectivity index is 1.55. The summed E-state index contributed by atoms with van der Waals surface area (Å²) < 4.78 is 10.9. The van der Waals surface area contributed by atoms with E-state index in [0.717, 1.165) is 16.9 Å². The summed E-state index contributed by atoms with van der Waals surface area (Å²) in [6.45, 7) is 4.91. The van der Waals surface area contributed by atoms with E-state index in [1.807, 2.05) is 54.6 Å². The topological polar surface area (TPSA) is 118 Å². The second kappa shape index (κ2) is 12.8. The van der Waals surface area contributed by atoms with E-state index in [1.165, 1.54) is 12.5 Å². The van der Waals surface area contributed by atoms with Crippen molar-refractivity contribution in [3.8, 4) is 5.75 Å². The molecule has 0 saturated heterocycles. The number of alkyl carbamates (subject to hydrolysis) is 1. The first-order valence-corrected chi connectivity index (χ1v) is 11.0. The minimum Gasteiger partial charge on any atom is -0.493 e. The van der Waals surface area contributed by atoms with Crippen LogP contribution in [0.25, 0.3) is 0 Å². The SMILES string of the molecule is CC(C)COc1ccc(/C=N\NC(=O)[C@@H](Cc2cnc[nH]2)NC(=O)OCc2ccccc2)cc1. The summed E-state index contributed by atoms with van der Waals surface area (Å²) in [6.07, 6.45) is 4.10. The Morgan fingerprint density at radius 3 is 2.56 bits per heavy atom. The standard InChI is InChI=1S/C25H29N5O4/c1-18(2)15-33-22-10-8-19(9-11-22)13-28-30-24(31)23(12-21-14-26-17-27-21)29-25(32)34-16-20-6-4-3-5-7-20/h3-11,13-14,17-18,23H,12,15-16H2,1-2H3,(H,26,27)(H,29,32)(H,30,31)/b28-13-/t23-/m1/s1. The molecule has 3 aromatic rings. The van der Waals surface area contributed by atoms with E-state index in [4.69, 9.17) is 9.47 Å². The molecule has 1 atom stereocenters. The average molecular weight is 464 g/mol. The van der Waals surface area contributed by atoms with Gasteiger partial charge in [0.2, 0.25) is 0 Å². The van der Waals surface area contributed by atoms with Gasteiger partial charge in [0.25, 0.3) is 5.91 Å². The highest BCUT2D eigenvalue weighted by molar-refractivity contribution is 5.87. The van der Waals surface area contributed by atoms with Gasteiger partial charge >= 0.3 is 6.09 Å². The van der Waals surface area contributed by atoms with Gasteiger partial charge in [0, 0.05) is 18.3 Å². The number of imidazole rings is 1. The summed E-state index contributed by atoms with van der Waals surface area (Å²) in [6, 6.07) is 15.7. The second-order valence-electron chi connectivity index (χ2n) is 8.05. The number of ether oxygens (including phenoxy) is 2. The second-order valence-corrected chi connectivity index (χ2v) is 8.05. The van der Waals surface area contributed by atoms with Gasteiger partial charge < -0.3 is 19.8 Å². The normalized spacial score (nSPS) is 11.9. The molecule has 1 heterocycles. The van der Waals surface area contributed by atoms with E-state index in [1.54, 1.807) is 6.20 Å². The molecule has 0 aliphatic carbocycles. The Hall–Kier alpha value is -4.14. The lowest BCUT2D eigenvalue weighted by Gasteiger charge is -2.16. The maximum absolute atomic E-state index is 12.7. The Kier molecular flexibility index (Phi) is 9.21. The summed E-state index contributed by atoms with van der Waals surface area (Å²) in [7, 11) is 0. The van der Waals surface area contributed by atoms with Gasteiger partial charge in [-0.15, -0.1) is 0 Å². The first-order chi connectivity index (χ1) is 16.5. The molecule has 178 valence electrons. The highest BCUT2D eigenvalue weighted by Gasteiger charge is 2.22. The van der Waals surface area contributed by atoms with Gasteiger partial charge in [-0.25, -0.2) is 15.2 Å². The van der Waals surface area contributed by atoms with Gasteiger partial charge in [0.05, 0.1) is 19.1 Å². The number of hydrogen-bond donors (Lipinski definition) is 3. The molecule has 9 nitrogen and oxygen atoms in total. The van der Waals surface area contributed by atoms with Crippen LogP contribution in [0, 0.1) is 5.92 Å². The molecule has 1 aromatic heterocycles. The lowest BCUT2D eigenvalue weighted by Crippen LogP contribution is -2.47. The number of benzene rings is 2. The van der Waals surface area contributed by atoms with Crippen LogP contribution in [-0.2, 0) is 22.6 Å². The third-order valence-electron chi connectivity index (χ3n) is 4.65. The molecular weight excluding hydrogens is 434 g/mol. The van der Waals surface area contributed by atoms with E-state index in [9.17, 15) is 9.59 Å². The zero-order valence-electron chi connectivity index (χ0n) is 19.2. The maximum atomic E-state index is 12.7. The summed E-state index contributed by atoms with van der Waals surface area (Å²) >= 11 is 0. The number of carbonyl (C=O) groups excluding carboxylic acids is 2. The summed E-state index contributed by atoms with van der Waals surface area (Å²) in [5.41, 5.74) is 4.79. The number of aromatic nitrogens is 2. The van der Waals surface area contributed by atoms with Gasteiger partial charge in [-0.2, -0.15) is 5.10 Å². The van der Waals surface area contributed by atoms with Crippen molar-refractivity contribution in [2.24, 2.45) is 11.0 Å². The third-order valence-corrected chi connectivity index (χ3v) is 4.65. The number of hydrazone groups is 1. The fraction of sp³-hybridized carbons (Fsp3) is 0.280. The first kappa shape index (κ1) is 24.5. The van der Waals surface area contributed by atoms with Crippen molar-refractivity contribution in [1.29, 1.82) is 0 Å². The number of nitrogens with zero attached hydrogens (tertiary/aromatic N) is 2. The molecule has 9 heteroatoms. The first-order valence-electron chi connectivity index (χ1n) is 11.0. The minimum atomic E-state index is -0.910. The molecule has 0 radical (unpaired) electrons. The van der Waals surface area contributed by atoms with Gasteiger partial charge in [-0.3, -0.25) is 4.79 Å². The van der Waals surface area contributed by atoms with E-state index in [-0.39, 0.29) is 13.0 Å². The third kappa shape index (κ3) is 8.42. The molecule has 0 saturated carbocycles. The predicted octanol–water partition coefficient (Wildman–Crippen LogP) is 3.43. The molecule has 0 unspecified atom stereocenters. The highest BCUT2D eigenvalue weighted by atomic mass is 16.5. The zero-order valence-corrected chi connectivity index (χ0v) is 19.2. The van der Waals surface area contributed by atoms with E-state index in [2.05, 4.69) is 39.7 Å². The van der Waals surface area contributed by atoms with Crippen LogP contribution < -0.4 is 15.5 Å². The van der Waals surface area contributed by atoms with Gasteiger partial charge in [-0.1, -0.05) is 44.2 Å². The van der Waals surface area contributed by atoms with Crippen LogP contribution in [0.1, 0.15) is 30.7 Å².